The van der Waals surface area contributed by atoms with Crippen LogP contribution >= 0.6 is 11.3 Å². The zero-order valence-electron chi connectivity index (χ0n) is 11.1. The van der Waals surface area contributed by atoms with E-state index in [4.69, 9.17) is 5.73 Å². The van der Waals surface area contributed by atoms with Crippen LogP contribution in [-0.2, 0) is 0 Å². The average molecular weight is 300 g/mol. The highest BCUT2D eigenvalue weighted by atomic mass is 32.1. The first-order valence-corrected chi connectivity index (χ1v) is 7.06. The smallest absolute Gasteiger partial charge is 0.272 e. The first kappa shape index (κ1) is 13.4. The van der Waals surface area contributed by atoms with Gasteiger partial charge in [0.2, 0.25) is 5.13 Å². The highest BCUT2D eigenvalue weighted by molar-refractivity contribution is 7.15. The largest absolute Gasteiger partial charge is 0.374 e. The lowest BCUT2D eigenvalue weighted by Gasteiger charge is -2.10. The van der Waals surface area contributed by atoms with E-state index in [0.29, 0.717) is 15.7 Å². The quantitative estimate of drug-likeness (QED) is 0.760. The first-order chi connectivity index (χ1) is 10.1. The van der Waals surface area contributed by atoms with E-state index >= 15 is 0 Å². The van der Waals surface area contributed by atoms with E-state index in [1.807, 2.05) is 31.2 Å². The zero-order chi connectivity index (χ0) is 14.8. The Labute approximate surface area is 124 Å². The predicted molar refractivity (Wildman–Crippen MR) is 79.7 cm³/mol. The van der Waals surface area contributed by atoms with Crippen molar-refractivity contribution in [2.24, 2.45) is 0 Å². The van der Waals surface area contributed by atoms with Crippen molar-refractivity contribution in [1.29, 1.82) is 0 Å². The molecule has 0 aliphatic carbocycles. The summed E-state index contributed by atoms with van der Waals surface area (Å²) in [6, 6.07) is 7.09. The molecule has 3 aromatic rings. The Bertz CT molecular complexity index is 802. The van der Waals surface area contributed by atoms with E-state index in [2.05, 4.69) is 25.5 Å². The van der Waals surface area contributed by atoms with Crippen molar-refractivity contribution in [3.05, 3.63) is 41.2 Å². The molecule has 106 valence electrons. The van der Waals surface area contributed by atoms with Crippen LogP contribution in [0.5, 0.6) is 0 Å². The maximum absolute atomic E-state index is 12.2. The topological polar surface area (TPSA) is 107 Å². The van der Waals surface area contributed by atoms with Gasteiger partial charge in [-0.3, -0.25) is 9.78 Å². The molecule has 3 rings (SSSR count). The minimum absolute atomic E-state index is 0.262. The Balaban J connectivity index is 1.80. The van der Waals surface area contributed by atoms with Crippen LogP contribution in [0.3, 0.4) is 0 Å². The molecular formula is C13H12N6OS. The van der Waals surface area contributed by atoms with E-state index in [1.54, 1.807) is 0 Å². The molecule has 2 heterocycles. The molecule has 0 radical (unpaired) electrons. The van der Waals surface area contributed by atoms with Crippen LogP contribution in [0.2, 0.25) is 0 Å². The van der Waals surface area contributed by atoms with Crippen LogP contribution in [0, 0.1) is 0 Å². The van der Waals surface area contributed by atoms with Crippen molar-refractivity contribution in [2.45, 2.75) is 13.0 Å². The summed E-state index contributed by atoms with van der Waals surface area (Å²) in [6.45, 7) is 1.81. The van der Waals surface area contributed by atoms with E-state index in [1.165, 1.54) is 17.5 Å². The number of para-hydroxylation sites is 2. The van der Waals surface area contributed by atoms with Crippen LogP contribution < -0.4 is 11.1 Å². The SMILES string of the molecule is C[C@@H](NC(=O)c1cnc2ccccc2n1)c1nnc(N)s1. The number of amides is 1. The lowest BCUT2D eigenvalue weighted by molar-refractivity contribution is 0.0934. The molecule has 0 aliphatic heterocycles. The van der Waals surface area contributed by atoms with Gasteiger partial charge in [-0.2, -0.15) is 0 Å². The van der Waals surface area contributed by atoms with E-state index in [9.17, 15) is 4.79 Å². The van der Waals surface area contributed by atoms with E-state index in [-0.39, 0.29) is 17.6 Å². The van der Waals surface area contributed by atoms with E-state index < -0.39 is 0 Å². The summed E-state index contributed by atoms with van der Waals surface area (Å²) in [5.74, 6) is -0.311. The third-order valence-corrected chi connectivity index (χ3v) is 3.79. The second-order valence-corrected chi connectivity index (χ2v) is 5.46. The van der Waals surface area contributed by atoms with Gasteiger partial charge in [0, 0.05) is 0 Å². The summed E-state index contributed by atoms with van der Waals surface area (Å²) in [4.78, 5) is 20.7. The van der Waals surface area contributed by atoms with Gasteiger partial charge in [0.25, 0.3) is 5.91 Å². The number of carbonyl (C=O) groups is 1. The summed E-state index contributed by atoms with van der Waals surface area (Å²) >= 11 is 1.24. The predicted octanol–water partition coefficient (Wildman–Crippen LogP) is 1.55. The fourth-order valence-electron chi connectivity index (χ4n) is 1.82. The number of rotatable bonds is 3. The van der Waals surface area contributed by atoms with Crippen molar-refractivity contribution in [3.8, 4) is 0 Å². The molecule has 7 nitrogen and oxygen atoms in total. The molecule has 1 atom stereocenters. The average Bonchev–Trinajstić information content (AvgIpc) is 2.93. The minimum atomic E-state index is -0.311. The number of carbonyl (C=O) groups excluding carboxylic acids is 1. The Kier molecular flexibility index (Phi) is 3.44. The molecule has 1 amide bonds. The summed E-state index contributed by atoms with van der Waals surface area (Å²) in [7, 11) is 0. The number of fused-ring (bicyclic) bond motifs is 1. The third-order valence-electron chi connectivity index (χ3n) is 2.86. The van der Waals surface area contributed by atoms with Gasteiger partial charge in [-0.05, 0) is 19.1 Å². The van der Waals surface area contributed by atoms with Gasteiger partial charge in [-0.25, -0.2) is 4.98 Å². The van der Waals surface area contributed by atoms with Gasteiger partial charge in [0.05, 0.1) is 23.3 Å². The first-order valence-electron chi connectivity index (χ1n) is 6.25. The van der Waals surface area contributed by atoms with E-state index in [0.717, 1.165) is 5.52 Å². The van der Waals surface area contributed by atoms with Crippen molar-refractivity contribution >= 4 is 33.4 Å². The van der Waals surface area contributed by atoms with Crippen molar-refractivity contribution in [3.63, 3.8) is 0 Å². The molecule has 8 heteroatoms. The second kappa shape index (κ2) is 5.41. The number of anilines is 1. The van der Waals surface area contributed by atoms with Gasteiger partial charge in [0.1, 0.15) is 10.7 Å². The second-order valence-electron chi connectivity index (χ2n) is 4.42. The van der Waals surface area contributed by atoms with Gasteiger partial charge >= 0.3 is 0 Å². The maximum Gasteiger partial charge on any atom is 0.272 e. The number of benzene rings is 1. The van der Waals surface area contributed by atoms with Crippen LogP contribution in [0.4, 0.5) is 5.13 Å². The monoisotopic (exact) mass is 300 g/mol. The Hall–Kier alpha value is -2.61. The number of hydrogen-bond acceptors (Lipinski definition) is 7. The van der Waals surface area contributed by atoms with Gasteiger partial charge in [0.15, 0.2) is 0 Å². The number of aromatic nitrogens is 4. The number of nitrogen functional groups attached to an aromatic ring is 1. The highest BCUT2D eigenvalue weighted by Crippen LogP contribution is 2.19. The molecule has 1 aromatic carbocycles. The summed E-state index contributed by atoms with van der Waals surface area (Å²) in [5, 5.41) is 11.5. The third kappa shape index (κ3) is 2.79. The lowest BCUT2D eigenvalue weighted by Crippen LogP contribution is -2.27. The lowest BCUT2D eigenvalue weighted by atomic mass is 10.3. The van der Waals surface area contributed by atoms with Crippen molar-refractivity contribution in [2.75, 3.05) is 5.73 Å². The van der Waals surface area contributed by atoms with Gasteiger partial charge in [-0.1, -0.05) is 23.5 Å². The van der Waals surface area contributed by atoms with Gasteiger partial charge < -0.3 is 11.1 Å². The summed E-state index contributed by atoms with van der Waals surface area (Å²) < 4.78 is 0. The Morgan fingerprint density at radius 3 is 2.76 bits per heavy atom. The fourth-order valence-corrected chi connectivity index (χ4v) is 2.43. The standard InChI is InChI=1S/C13H12N6OS/c1-7(12-18-19-13(14)21-12)16-11(20)10-6-15-8-4-2-3-5-9(8)17-10/h2-7H,1H3,(H2,14,19)(H,16,20)/t7-/m1/s1. The van der Waals surface area contributed by atoms with Crippen LogP contribution in [0.1, 0.15) is 28.5 Å². The van der Waals surface area contributed by atoms with Crippen LogP contribution in [-0.4, -0.2) is 26.1 Å². The molecule has 0 fully saturated rings. The molecule has 2 aromatic heterocycles. The number of nitrogens with one attached hydrogen (secondary N) is 1. The zero-order valence-corrected chi connectivity index (χ0v) is 12.0. The number of hydrogen-bond donors (Lipinski definition) is 2. The summed E-state index contributed by atoms with van der Waals surface area (Å²) in [5.41, 5.74) is 7.22. The maximum atomic E-state index is 12.2. The molecule has 0 saturated heterocycles. The molecule has 0 spiro atoms. The van der Waals surface area contributed by atoms with Crippen LogP contribution in [0.15, 0.2) is 30.5 Å². The van der Waals surface area contributed by atoms with Crippen LogP contribution in [0.25, 0.3) is 11.0 Å². The van der Waals surface area contributed by atoms with Gasteiger partial charge in [-0.15, -0.1) is 10.2 Å². The minimum Gasteiger partial charge on any atom is -0.374 e. The molecule has 0 bridgehead atoms. The fraction of sp³-hybridized carbons (Fsp3) is 0.154. The normalized spacial score (nSPS) is 12.2. The molecule has 0 saturated carbocycles. The van der Waals surface area contributed by atoms with Crippen molar-refractivity contribution < 1.29 is 4.79 Å². The number of nitrogens with zero attached hydrogens (tertiary/aromatic N) is 4. The molecule has 21 heavy (non-hydrogen) atoms. The Morgan fingerprint density at radius 2 is 2.05 bits per heavy atom. The molecule has 3 N–H and O–H groups in total. The number of nitrogens with two attached hydrogens (primary N) is 1. The van der Waals surface area contributed by atoms with Crippen molar-refractivity contribution in [1.82, 2.24) is 25.5 Å². The molecule has 0 aliphatic rings. The summed E-state index contributed by atoms with van der Waals surface area (Å²) in [6.07, 6.45) is 1.46. The molecule has 0 unspecified atom stereocenters. The molecular weight excluding hydrogens is 288 g/mol. The highest BCUT2D eigenvalue weighted by Gasteiger charge is 2.16. The Morgan fingerprint density at radius 1 is 1.29 bits per heavy atom.